The molecule has 2 aromatic heterocycles. The van der Waals surface area contributed by atoms with Gasteiger partial charge in [0.2, 0.25) is 11.8 Å². The molecule has 0 bridgehead atoms. The molecular formula is C17H18I2N4O4. The van der Waals surface area contributed by atoms with Crippen LogP contribution in [0.15, 0.2) is 43.3 Å². The maximum Gasteiger partial charge on any atom is 0.240 e. The van der Waals surface area contributed by atoms with Gasteiger partial charge in [-0.25, -0.2) is 10.9 Å². The van der Waals surface area contributed by atoms with Crippen molar-refractivity contribution in [3.63, 3.8) is 0 Å². The van der Waals surface area contributed by atoms with Gasteiger partial charge in [0.15, 0.2) is 7.53 Å². The van der Waals surface area contributed by atoms with Gasteiger partial charge in [-0.2, -0.15) is 10.2 Å². The molecule has 8 nitrogen and oxygen atoms in total. The molecule has 10 heteroatoms. The van der Waals surface area contributed by atoms with Crippen LogP contribution in [0, 0.1) is 7.53 Å². The monoisotopic (exact) mass is 596 g/mol. The van der Waals surface area contributed by atoms with Crippen molar-refractivity contribution in [1.82, 2.24) is 10.9 Å². The molecule has 0 fully saturated rings. The Kier molecular flexibility index (Phi) is 9.52. The van der Waals surface area contributed by atoms with Gasteiger partial charge >= 0.3 is 0 Å². The molecule has 2 rings (SSSR count). The summed E-state index contributed by atoms with van der Waals surface area (Å²) in [4.78, 5) is 23.3. The fraction of sp³-hybridized carbons (Fsp3) is 0.294. The molecule has 0 saturated heterocycles. The van der Waals surface area contributed by atoms with Crippen molar-refractivity contribution < 1.29 is 18.4 Å². The van der Waals surface area contributed by atoms with Crippen LogP contribution in [0.5, 0.6) is 0 Å². The van der Waals surface area contributed by atoms with Crippen LogP contribution in [0.25, 0.3) is 0 Å². The number of carbonyl (C=O) groups excluding carboxylic acids is 2. The molecule has 2 heterocycles. The fourth-order valence-corrected chi connectivity index (χ4v) is 2.86. The summed E-state index contributed by atoms with van der Waals surface area (Å²) in [6, 6.07) is 7.15. The maximum atomic E-state index is 11.6. The van der Waals surface area contributed by atoms with Crippen molar-refractivity contribution in [3.05, 3.63) is 43.3 Å². The first-order valence-electron chi connectivity index (χ1n) is 8.17. The van der Waals surface area contributed by atoms with E-state index in [9.17, 15) is 9.59 Å². The predicted molar refractivity (Wildman–Crippen MR) is 117 cm³/mol. The Labute approximate surface area is 183 Å². The molecule has 0 aliphatic rings. The summed E-state index contributed by atoms with van der Waals surface area (Å²) in [5, 5.41) is 7.66. The maximum absolute atomic E-state index is 11.6. The minimum atomic E-state index is -0.172. The summed E-state index contributed by atoms with van der Waals surface area (Å²) in [5.74, 6) is 0.814. The van der Waals surface area contributed by atoms with Gasteiger partial charge in [0, 0.05) is 12.8 Å². The zero-order valence-corrected chi connectivity index (χ0v) is 18.6. The number of unbranched alkanes of at least 4 members (excludes halogenated alkanes) is 2. The molecule has 0 aliphatic heterocycles. The first-order valence-corrected chi connectivity index (χ1v) is 10.3. The van der Waals surface area contributed by atoms with E-state index in [4.69, 9.17) is 8.83 Å². The number of hydrogen-bond donors (Lipinski definition) is 2. The van der Waals surface area contributed by atoms with Gasteiger partial charge in [-0.3, -0.25) is 9.59 Å². The summed E-state index contributed by atoms with van der Waals surface area (Å²) in [6.45, 7) is 0. The van der Waals surface area contributed by atoms with Gasteiger partial charge in [0.25, 0.3) is 0 Å². The van der Waals surface area contributed by atoms with Crippen LogP contribution in [0.1, 0.15) is 43.6 Å². The van der Waals surface area contributed by atoms with Crippen molar-refractivity contribution in [2.24, 2.45) is 10.2 Å². The SMILES string of the molecule is O=C(CCCCCC(=O)NN=Cc1ccc(I)o1)NN=Cc1ccc(I)o1. The van der Waals surface area contributed by atoms with E-state index in [2.05, 4.69) is 66.2 Å². The minimum absolute atomic E-state index is 0.172. The van der Waals surface area contributed by atoms with Crippen LogP contribution in [-0.4, -0.2) is 24.2 Å². The second-order valence-electron chi connectivity index (χ2n) is 5.43. The van der Waals surface area contributed by atoms with E-state index in [1.54, 1.807) is 12.1 Å². The molecule has 2 aromatic rings. The standard InChI is InChI=1S/C17H18I2N4O4/c18-14-8-6-12(26-14)10-20-22-16(24)4-2-1-3-5-17(25)23-21-11-13-7-9-15(19)27-13/h6-11H,1-5H2,(H,22,24)(H,23,25). The van der Waals surface area contributed by atoms with Gasteiger partial charge in [-0.05, 0) is 82.3 Å². The molecule has 0 spiro atoms. The summed E-state index contributed by atoms with van der Waals surface area (Å²) >= 11 is 4.10. The molecule has 0 radical (unpaired) electrons. The highest BCUT2D eigenvalue weighted by Gasteiger charge is 2.03. The second kappa shape index (κ2) is 11.9. The molecule has 0 aliphatic carbocycles. The van der Waals surface area contributed by atoms with Crippen LogP contribution in [0.3, 0.4) is 0 Å². The number of hydrazone groups is 2. The Morgan fingerprint density at radius 2 is 1.26 bits per heavy atom. The number of hydrogen-bond acceptors (Lipinski definition) is 6. The highest BCUT2D eigenvalue weighted by Crippen LogP contribution is 2.08. The highest BCUT2D eigenvalue weighted by molar-refractivity contribution is 14.1. The van der Waals surface area contributed by atoms with Crippen molar-refractivity contribution >= 4 is 69.4 Å². The third-order valence-electron chi connectivity index (χ3n) is 3.26. The van der Waals surface area contributed by atoms with E-state index in [-0.39, 0.29) is 11.8 Å². The average Bonchev–Trinajstić information content (AvgIpc) is 3.23. The number of amides is 2. The molecule has 2 amide bonds. The van der Waals surface area contributed by atoms with Crippen molar-refractivity contribution in [3.8, 4) is 0 Å². The van der Waals surface area contributed by atoms with E-state index in [0.717, 1.165) is 14.0 Å². The molecule has 0 saturated carbocycles. The van der Waals surface area contributed by atoms with Gasteiger partial charge in [0.1, 0.15) is 11.5 Å². The summed E-state index contributed by atoms with van der Waals surface area (Å²) in [7, 11) is 0. The number of furan rings is 2. The number of carbonyl (C=O) groups is 2. The smallest absolute Gasteiger partial charge is 0.240 e. The molecule has 0 unspecified atom stereocenters. The molecule has 144 valence electrons. The lowest BCUT2D eigenvalue weighted by Gasteiger charge is -2.01. The van der Waals surface area contributed by atoms with E-state index in [0.29, 0.717) is 37.2 Å². The lowest BCUT2D eigenvalue weighted by atomic mass is 10.1. The van der Waals surface area contributed by atoms with Crippen LogP contribution in [0.2, 0.25) is 0 Å². The number of rotatable bonds is 10. The molecule has 27 heavy (non-hydrogen) atoms. The van der Waals surface area contributed by atoms with Crippen LogP contribution >= 0.6 is 45.2 Å². The second-order valence-corrected chi connectivity index (χ2v) is 7.56. The zero-order chi connectivity index (χ0) is 19.5. The third-order valence-corrected chi connectivity index (χ3v) is 4.42. The van der Waals surface area contributed by atoms with Crippen molar-refractivity contribution in [2.45, 2.75) is 32.1 Å². The van der Waals surface area contributed by atoms with Crippen LogP contribution in [0.4, 0.5) is 0 Å². The van der Waals surface area contributed by atoms with Gasteiger partial charge in [0.05, 0.1) is 12.4 Å². The summed E-state index contributed by atoms with van der Waals surface area (Å²) in [6.07, 6.45) is 5.74. The quantitative estimate of drug-likeness (QED) is 0.189. The van der Waals surface area contributed by atoms with Crippen molar-refractivity contribution in [2.75, 3.05) is 0 Å². The van der Waals surface area contributed by atoms with Gasteiger partial charge in [-0.1, -0.05) is 6.42 Å². The van der Waals surface area contributed by atoms with E-state index in [1.807, 2.05) is 12.1 Å². The lowest BCUT2D eigenvalue weighted by Crippen LogP contribution is -2.18. The summed E-state index contributed by atoms with van der Waals surface area (Å²) in [5.41, 5.74) is 4.89. The van der Waals surface area contributed by atoms with E-state index in [1.165, 1.54) is 12.4 Å². The predicted octanol–water partition coefficient (Wildman–Crippen LogP) is 3.63. The molecule has 0 atom stereocenters. The largest absolute Gasteiger partial charge is 0.449 e. The fourth-order valence-electron chi connectivity index (χ4n) is 1.99. The van der Waals surface area contributed by atoms with E-state index >= 15 is 0 Å². The summed E-state index contributed by atoms with van der Waals surface area (Å²) < 4.78 is 12.1. The Morgan fingerprint density at radius 3 is 1.63 bits per heavy atom. The lowest BCUT2D eigenvalue weighted by molar-refractivity contribution is -0.121. The first-order chi connectivity index (χ1) is 13.0. The number of nitrogens with one attached hydrogen (secondary N) is 2. The normalized spacial score (nSPS) is 11.3. The van der Waals surface area contributed by atoms with Crippen LogP contribution < -0.4 is 10.9 Å². The van der Waals surface area contributed by atoms with Crippen molar-refractivity contribution in [1.29, 1.82) is 0 Å². The Balaban J connectivity index is 1.50. The third kappa shape index (κ3) is 9.17. The number of nitrogens with zero attached hydrogens (tertiary/aromatic N) is 2. The highest BCUT2D eigenvalue weighted by atomic mass is 127. The zero-order valence-electron chi connectivity index (χ0n) is 14.3. The molecular weight excluding hydrogens is 578 g/mol. The molecule has 2 N–H and O–H groups in total. The Morgan fingerprint density at radius 1 is 0.815 bits per heavy atom. The van der Waals surface area contributed by atoms with E-state index < -0.39 is 0 Å². The average molecular weight is 596 g/mol. The molecule has 0 aromatic carbocycles. The topological polar surface area (TPSA) is 109 Å². The Hall–Kier alpha value is -1.70. The van der Waals surface area contributed by atoms with Gasteiger partial charge in [-0.15, -0.1) is 0 Å². The minimum Gasteiger partial charge on any atom is -0.449 e. The Bertz CT molecular complexity index is 747. The first kappa shape index (κ1) is 21.6. The number of halogens is 2. The van der Waals surface area contributed by atoms with Crippen LogP contribution in [-0.2, 0) is 9.59 Å². The van der Waals surface area contributed by atoms with Gasteiger partial charge < -0.3 is 8.83 Å².